The lowest BCUT2D eigenvalue weighted by molar-refractivity contribution is -0.142. The molecule has 23 heavy (non-hydrogen) atoms. The molecule has 124 valence electrons. The molecular formula is C13H5Cl3F5NO. The summed E-state index contributed by atoms with van der Waals surface area (Å²) in [6.45, 7) is -3.37. The maximum Gasteiger partial charge on any atom is 0.433 e. The highest BCUT2D eigenvalue weighted by molar-refractivity contribution is 6.44. The molecule has 0 saturated heterocycles. The summed E-state index contributed by atoms with van der Waals surface area (Å²) in [5, 5.41) is 0.116. The number of pyridine rings is 1. The largest absolute Gasteiger partial charge is 0.433 e. The third-order valence-electron chi connectivity index (χ3n) is 2.65. The van der Waals surface area contributed by atoms with Gasteiger partial charge < -0.3 is 4.74 Å². The van der Waals surface area contributed by atoms with Gasteiger partial charge in [-0.3, -0.25) is 0 Å². The zero-order chi connectivity index (χ0) is 17.4. The first-order chi connectivity index (χ1) is 10.6. The summed E-state index contributed by atoms with van der Waals surface area (Å²) in [5.74, 6) is -0.921. The van der Waals surface area contributed by atoms with Crippen LogP contribution in [0.15, 0.2) is 24.3 Å². The van der Waals surface area contributed by atoms with Crippen molar-refractivity contribution in [3.05, 3.63) is 45.0 Å². The molecular weight excluding hydrogens is 387 g/mol. The average molecular weight is 393 g/mol. The van der Waals surface area contributed by atoms with Crippen LogP contribution in [-0.4, -0.2) is 11.6 Å². The number of hydrogen-bond donors (Lipinski definition) is 0. The molecule has 1 aromatic heterocycles. The Morgan fingerprint density at radius 3 is 2.09 bits per heavy atom. The third kappa shape index (κ3) is 4.16. The number of alkyl halides is 5. The van der Waals surface area contributed by atoms with Gasteiger partial charge in [0.1, 0.15) is 5.69 Å². The van der Waals surface area contributed by atoms with Crippen LogP contribution < -0.4 is 4.74 Å². The zero-order valence-electron chi connectivity index (χ0n) is 10.8. The fourth-order valence-corrected chi connectivity index (χ4v) is 2.36. The van der Waals surface area contributed by atoms with E-state index in [-0.39, 0.29) is 26.2 Å². The number of hydrogen-bond acceptors (Lipinski definition) is 2. The van der Waals surface area contributed by atoms with Crippen LogP contribution >= 0.6 is 34.8 Å². The second-order valence-corrected chi connectivity index (χ2v) is 5.39. The van der Waals surface area contributed by atoms with Crippen LogP contribution in [0.1, 0.15) is 5.69 Å². The van der Waals surface area contributed by atoms with Crippen molar-refractivity contribution in [1.82, 2.24) is 4.98 Å². The second kappa shape index (κ2) is 6.67. The van der Waals surface area contributed by atoms with Crippen LogP contribution in [0, 0.1) is 0 Å². The minimum absolute atomic E-state index is 0.0138. The van der Waals surface area contributed by atoms with E-state index in [1.54, 1.807) is 0 Å². The first-order valence-electron chi connectivity index (χ1n) is 5.77. The van der Waals surface area contributed by atoms with Crippen LogP contribution in [0.5, 0.6) is 5.88 Å². The summed E-state index contributed by atoms with van der Waals surface area (Å²) in [7, 11) is 0. The molecule has 2 nitrogen and oxygen atoms in total. The Bertz CT molecular complexity index is 736. The van der Waals surface area contributed by atoms with Gasteiger partial charge in [-0.2, -0.15) is 22.0 Å². The number of ether oxygens (including phenoxy) is 1. The normalized spacial score (nSPS) is 11.9. The molecule has 0 unspecified atom stereocenters. The summed E-state index contributed by atoms with van der Waals surface area (Å²) in [5.41, 5.74) is -1.51. The quantitative estimate of drug-likeness (QED) is 0.450. The molecule has 0 amide bonds. The van der Waals surface area contributed by atoms with Crippen molar-refractivity contribution >= 4 is 34.8 Å². The van der Waals surface area contributed by atoms with Crippen LogP contribution in [0.4, 0.5) is 22.0 Å². The Hall–Kier alpha value is -1.31. The van der Waals surface area contributed by atoms with Crippen LogP contribution in [0.25, 0.3) is 11.1 Å². The van der Waals surface area contributed by atoms with E-state index in [1.807, 2.05) is 0 Å². The van der Waals surface area contributed by atoms with E-state index in [0.29, 0.717) is 6.07 Å². The lowest BCUT2D eigenvalue weighted by Gasteiger charge is -2.14. The molecule has 0 bridgehead atoms. The van der Waals surface area contributed by atoms with Gasteiger partial charge in [0, 0.05) is 11.1 Å². The lowest BCUT2D eigenvalue weighted by Crippen LogP contribution is -2.11. The maximum atomic E-state index is 12.7. The monoisotopic (exact) mass is 391 g/mol. The molecule has 2 rings (SSSR count). The standard InChI is InChI=1S/C13H5Cl3F5NO/c14-7-4-9(16)8(15)3-6(7)5-1-2-10(13(19,20)21)22-11(5)23-12(17)18/h1-4,12H. The fraction of sp³-hybridized carbons (Fsp3) is 0.154. The predicted molar refractivity (Wildman–Crippen MR) is 76.3 cm³/mol. The molecule has 0 N–H and O–H groups in total. The minimum atomic E-state index is -4.82. The predicted octanol–water partition coefficient (Wildman–Crippen LogP) is 6.33. The summed E-state index contributed by atoms with van der Waals surface area (Å²) < 4.78 is 67.0. The first-order valence-corrected chi connectivity index (χ1v) is 6.91. The van der Waals surface area contributed by atoms with E-state index in [0.717, 1.165) is 6.07 Å². The second-order valence-electron chi connectivity index (χ2n) is 4.17. The third-order valence-corrected chi connectivity index (χ3v) is 3.69. The molecule has 0 fully saturated rings. The molecule has 0 aliphatic heterocycles. The molecule has 0 aliphatic rings. The van der Waals surface area contributed by atoms with Gasteiger partial charge in [-0.25, -0.2) is 4.98 Å². The van der Waals surface area contributed by atoms with Crippen LogP contribution in [0.3, 0.4) is 0 Å². The molecule has 1 aromatic carbocycles. The van der Waals surface area contributed by atoms with E-state index >= 15 is 0 Å². The maximum absolute atomic E-state index is 12.7. The van der Waals surface area contributed by atoms with E-state index in [1.165, 1.54) is 12.1 Å². The first kappa shape index (κ1) is 18.0. The summed E-state index contributed by atoms with van der Waals surface area (Å²) in [6, 6.07) is 3.98. The van der Waals surface area contributed by atoms with E-state index in [4.69, 9.17) is 34.8 Å². The number of rotatable bonds is 3. The molecule has 0 atom stereocenters. The average Bonchev–Trinajstić information content (AvgIpc) is 2.41. The molecule has 0 aliphatic carbocycles. The number of aromatic nitrogens is 1. The molecule has 1 heterocycles. The SMILES string of the molecule is FC(F)Oc1nc(C(F)(F)F)ccc1-c1cc(Cl)c(Cl)cc1Cl. The van der Waals surface area contributed by atoms with Crippen molar-refractivity contribution in [3.8, 4) is 17.0 Å². The minimum Gasteiger partial charge on any atom is -0.416 e. The van der Waals surface area contributed by atoms with Crippen molar-refractivity contribution in [1.29, 1.82) is 0 Å². The number of nitrogens with zero attached hydrogens (tertiary/aromatic N) is 1. The molecule has 2 aromatic rings. The Kier molecular flexibility index (Phi) is 5.23. The number of halogens is 8. The number of benzene rings is 1. The van der Waals surface area contributed by atoms with Gasteiger partial charge in [-0.1, -0.05) is 34.8 Å². The molecule has 0 radical (unpaired) electrons. The summed E-state index contributed by atoms with van der Waals surface area (Å²) >= 11 is 17.5. The van der Waals surface area contributed by atoms with Crippen molar-refractivity contribution in [2.45, 2.75) is 12.8 Å². The van der Waals surface area contributed by atoms with Gasteiger partial charge in [0.2, 0.25) is 5.88 Å². The smallest absolute Gasteiger partial charge is 0.416 e. The van der Waals surface area contributed by atoms with Gasteiger partial charge in [0.05, 0.1) is 15.1 Å². The highest BCUT2D eigenvalue weighted by Crippen LogP contribution is 2.40. The lowest BCUT2D eigenvalue weighted by atomic mass is 10.1. The highest BCUT2D eigenvalue weighted by atomic mass is 35.5. The summed E-state index contributed by atoms with van der Waals surface area (Å²) in [4.78, 5) is 3.09. The van der Waals surface area contributed by atoms with Crippen molar-refractivity contribution in [2.75, 3.05) is 0 Å². The van der Waals surface area contributed by atoms with Crippen LogP contribution in [-0.2, 0) is 6.18 Å². The van der Waals surface area contributed by atoms with E-state index in [2.05, 4.69) is 9.72 Å². The van der Waals surface area contributed by atoms with Gasteiger partial charge in [0.25, 0.3) is 0 Å². The van der Waals surface area contributed by atoms with Gasteiger partial charge in [-0.05, 0) is 24.3 Å². The van der Waals surface area contributed by atoms with Crippen molar-refractivity contribution in [2.24, 2.45) is 0 Å². The summed E-state index contributed by atoms with van der Waals surface area (Å²) in [6.07, 6.45) is -4.82. The highest BCUT2D eigenvalue weighted by Gasteiger charge is 2.34. The molecule has 10 heteroatoms. The van der Waals surface area contributed by atoms with Crippen molar-refractivity contribution < 1.29 is 26.7 Å². The molecule has 0 spiro atoms. The Labute approximate surface area is 141 Å². The zero-order valence-corrected chi connectivity index (χ0v) is 13.0. The van der Waals surface area contributed by atoms with E-state index in [9.17, 15) is 22.0 Å². The van der Waals surface area contributed by atoms with E-state index < -0.39 is 24.4 Å². The van der Waals surface area contributed by atoms with Crippen LogP contribution in [0.2, 0.25) is 15.1 Å². The van der Waals surface area contributed by atoms with Gasteiger partial charge in [0.15, 0.2) is 0 Å². The topological polar surface area (TPSA) is 22.1 Å². The molecule has 0 saturated carbocycles. The van der Waals surface area contributed by atoms with Gasteiger partial charge in [-0.15, -0.1) is 0 Å². The van der Waals surface area contributed by atoms with Crippen molar-refractivity contribution in [3.63, 3.8) is 0 Å². The fourth-order valence-electron chi connectivity index (χ4n) is 1.71. The Morgan fingerprint density at radius 2 is 1.52 bits per heavy atom. The Balaban J connectivity index is 2.64. The Morgan fingerprint density at radius 1 is 0.913 bits per heavy atom. The van der Waals surface area contributed by atoms with Gasteiger partial charge >= 0.3 is 12.8 Å².